The molecule has 220 valence electrons. The Balaban J connectivity index is 1.80. The first kappa shape index (κ1) is 31.5. The maximum absolute atomic E-state index is 13.6. The number of carboxylic acid groups (broad SMARTS) is 1. The van der Waals surface area contributed by atoms with Gasteiger partial charge in [0.05, 0.1) is 6.04 Å². The van der Waals surface area contributed by atoms with E-state index >= 15 is 0 Å². The van der Waals surface area contributed by atoms with Crippen molar-refractivity contribution in [2.24, 2.45) is 11.7 Å². The van der Waals surface area contributed by atoms with Crippen LogP contribution in [0.5, 0.6) is 5.75 Å². The van der Waals surface area contributed by atoms with Crippen LogP contribution in [0.25, 0.3) is 10.9 Å². The number of aromatic amines is 1. The van der Waals surface area contributed by atoms with E-state index in [-0.39, 0.29) is 30.3 Å². The number of benzene rings is 2. The highest BCUT2D eigenvalue weighted by Gasteiger charge is 2.32. The third kappa shape index (κ3) is 8.48. The number of rotatable bonds is 14. The van der Waals surface area contributed by atoms with Crippen molar-refractivity contribution in [3.8, 4) is 5.75 Å². The van der Waals surface area contributed by atoms with E-state index in [2.05, 4.69) is 33.6 Å². The van der Waals surface area contributed by atoms with Gasteiger partial charge in [0.25, 0.3) is 0 Å². The van der Waals surface area contributed by atoms with Crippen molar-refractivity contribution in [2.75, 3.05) is 5.75 Å². The van der Waals surface area contributed by atoms with E-state index in [1.54, 1.807) is 25.3 Å². The second kappa shape index (κ2) is 14.6. The predicted molar refractivity (Wildman–Crippen MR) is 159 cm³/mol. The zero-order chi connectivity index (χ0) is 30.1. The lowest BCUT2D eigenvalue weighted by atomic mass is 9.96. The molecule has 0 bridgehead atoms. The largest absolute Gasteiger partial charge is 0.508 e. The van der Waals surface area contributed by atoms with Gasteiger partial charge in [-0.15, -0.1) is 0 Å². The van der Waals surface area contributed by atoms with Gasteiger partial charge in [-0.2, -0.15) is 12.6 Å². The Bertz CT molecular complexity index is 1360. The Labute approximate surface area is 243 Å². The van der Waals surface area contributed by atoms with Gasteiger partial charge in [-0.25, -0.2) is 4.79 Å². The number of amides is 3. The summed E-state index contributed by atoms with van der Waals surface area (Å²) in [5, 5.41) is 27.8. The number of aliphatic carboxylic acids is 1. The molecule has 41 heavy (non-hydrogen) atoms. The Hall–Kier alpha value is -4.03. The molecule has 0 spiro atoms. The number of hydrogen-bond donors (Lipinski definition) is 8. The SMILES string of the molecule is CCC(C)C(NC(=O)C(Cc1ccc(O)cc1)NC(=O)C(N)Cc1c[nH]c2ccccc12)C(=O)NC(CS)C(=O)O. The summed E-state index contributed by atoms with van der Waals surface area (Å²) in [6, 6.07) is 9.44. The third-order valence-corrected chi connectivity index (χ3v) is 7.42. The first-order valence-electron chi connectivity index (χ1n) is 13.4. The van der Waals surface area contributed by atoms with E-state index in [9.17, 15) is 29.4 Å². The fraction of sp³-hybridized carbons (Fsp3) is 0.379. The minimum atomic E-state index is -1.25. The van der Waals surface area contributed by atoms with Crippen LogP contribution >= 0.6 is 12.6 Å². The minimum Gasteiger partial charge on any atom is -0.508 e. The molecule has 11 nitrogen and oxygen atoms in total. The number of aromatic nitrogens is 1. The first-order chi connectivity index (χ1) is 19.5. The average Bonchev–Trinajstić information content (AvgIpc) is 3.36. The Morgan fingerprint density at radius 2 is 1.59 bits per heavy atom. The van der Waals surface area contributed by atoms with Crippen LogP contribution in [0.1, 0.15) is 31.4 Å². The summed E-state index contributed by atoms with van der Waals surface area (Å²) in [6.45, 7) is 3.59. The maximum atomic E-state index is 13.6. The number of carboxylic acids is 1. The van der Waals surface area contributed by atoms with Crippen LogP contribution in [-0.2, 0) is 32.0 Å². The molecule has 2 aromatic carbocycles. The Morgan fingerprint density at radius 1 is 0.927 bits per heavy atom. The molecule has 8 N–H and O–H groups in total. The molecule has 3 aromatic rings. The van der Waals surface area contributed by atoms with E-state index in [1.165, 1.54) is 12.1 Å². The summed E-state index contributed by atoms with van der Waals surface area (Å²) in [5.41, 5.74) is 8.68. The van der Waals surface area contributed by atoms with Crippen LogP contribution in [0, 0.1) is 5.92 Å². The quantitative estimate of drug-likeness (QED) is 0.132. The van der Waals surface area contributed by atoms with Gasteiger partial charge in [0.1, 0.15) is 23.9 Å². The number of para-hydroxylation sites is 1. The van der Waals surface area contributed by atoms with Gasteiger partial charge in [0, 0.05) is 29.3 Å². The smallest absolute Gasteiger partial charge is 0.327 e. The van der Waals surface area contributed by atoms with E-state index in [0.29, 0.717) is 12.0 Å². The minimum absolute atomic E-state index is 0.0465. The summed E-state index contributed by atoms with van der Waals surface area (Å²) in [7, 11) is 0. The molecule has 5 atom stereocenters. The molecule has 1 aromatic heterocycles. The van der Waals surface area contributed by atoms with Crippen LogP contribution in [-0.4, -0.2) is 68.8 Å². The molecule has 0 saturated heterocycles. The number of phenols is 1. The number of hydrogen-bond acceptors (Lipinski definition) is 7. The summed E-state index contributed by atoms with van der Waals surface area (Å²) in [5.74, 6) is -3.53. The number of H-pyrrole nitrogens is 1. The molecule has 5 unspecified atom stereocenters. The normalized spacial score (nSPS) is 14.8. The average molecular weight is 584 g/mol. The number of nitrogens with two attached hydrogens (primary N) is 1. The number of thiol groups is 1. The highest BCUT2D eigenvalue weighted by Crippen LogP contribution is 2.19. The zero-order valence-corrected chi connectivity index (χ0v) is 23.9. The van der Waals surface area contributed by atoms with Crippen molar-refractivity contribution < 1.29 is 29.4 Å². The van der Waals surface area contributed by atoms with Gasteiger partial charge in [-0.05, 0) is 41.7 Å². The fourth-order valence-electron chi connectivity index (χ4n) is 4.39. The molecule has 0 radical (unpaired) electrons. The molecule has 0 aliphatic heterocycles. The Kier molecular flexibility index (Phi) is 11.2. The monoisotopic (exact) mass is 583 g/mol. The van der Waals surface area contributed by atoms with Crippen LogP contribution in [0.4, 0.5) is 0 Å². The molecule has 0 saturated carbocycles. The standard InChI is InChI=1S/C29H37N5O6S/c1-3-16(2)25(28(38)33-24(15-41)29(39)40)34-27(37)23(12-17-8-10-19(35)11-9-17)32-26(36)21(30)13-18-14-31-22-7-5-4-6-20(18)22/h4-11,14,16,21,23-25,31,35,41H,3,12-13,15,30H2,1-2H3,(H,32,36)(H,33,38)(H,34,37)(H,39,40). The number of aromatic hydroxyl groups is 1. The number of carbonyl (C=O) groups excluding carboxylic acids is 3. The zero-order valence-electron chi connectivity index (χ0n) is 23.0. The van der Waals surface area contributed by atoms with Crippen molar-refractivity contribution in [1.82, 2.24) is 20.9 Å². The van der Waals surface area contributed by atoms with Crippen LogP contribution in [0.3, 0.4) is 0 Å². The van der Waals surface area contributed by atoms with Crippen molar-refractivity contribution in [2.45, 2.75) is 57.3 Å². The van der Waals surface area contributed by atoms with E-state index < -0.39 is 47.9 Å². The molecule has 3 amide bonds. The molecule has 3 rings (SSSR count). The van der Waals surface area contributed by atoms with E-state index in [1.807, 2.05) is 31.2 Å². The summed E-state index contributed by atoms with van der Waals surface area (Å²) >= 11 is 3.98. The van der Waals surface area contributed by atoms with Crippen molar-refractivity contribution in [3.63, 3.8) is 0 Å². The predicted octanol–water partition coefficient (Wildman–Crippen LogP) is 1.50. The second-order valence-corrected chi connectivity index (χ2v) is 10.4. The molecule has 0 fully saturated rings. The van der Waals surface area contributed by atoms with Gasteiger partial charge in [-0.3, -0.25) is 14.4 Å². The summed E-state index contributed by atoms with van der Waals surface area (Å²) in [4.78, 5) is 54.4. The number of carbonyl (C=O) groups is 4. The van der Waals surface area contributed by atoms with Crippen molar-refractivity contribution in [1.29, 1.82) is 0 Å². The van der Waals surface area contributed by atoms with Gasteiger partial charge >= 0.3 is 5.97 Å². The molecule has 0 aliphatic carbocycles. The van der Waals surface area contributed by atoms with Crippen LogP contribution in [0.2, 0.25) is 0 Å². The van der Waals surface area contributed by atoms with Crippen LogP contribution in [0.15, 0.2) is 54.7 Å². The number of fused-ring (bicyclic) bond motifs is 1. The fourth-order valence-corrected chi connectivity index (χ4v) is 4.64. The van der Waals surface area contributed by atoms with Crippen molar-refractivity contribution in [3.05, 3.63) is 65.9 Å². The third-order valence-electron chi connectivity index (χ3n) is 7.05. The molecular formula is C29H37N5O6S. The Morgan fingerprint density at radius 3 is 2.22 bits per heavy atom. The van der Waals surface area contributed by atoms with Gasteiger partial charge in [0.2, 0.25) is 17.7 Å². The van der Waals surface area contributed by atoms with Gasteiger partial charge in [0.15, 0.2) is 0 Å². The van der Waals surface area contributed by atoms with Crippen LogP contribution < -0.4 is 21.7 Å². The molecule has 12 heteroatoms. The van der Waals surface area contributed by atoms with E-state index in [4.69, 9.17) is 5.73 Å². The summed E-state index contributed by atoms with van der Waals surface area (Å²) in [6.07, 6.45) is 2.59. The van der Waals surface area contributed by atoms with Gasteiger partial charge in [-0.1, -0.05) is 50.6 Å². The lowest BCUT2D eigenvalue weighted by molar-refractivity contribution is -0.142. The lowest BCUT2D eigenvalue weighted by Crippen LogP contribution is -2.59. The second-order valence-electron chi connectivity index (χ2n) is 10.1. The number of phenolic OH excluding ortho intramolecular Hbond substituents is 1. The highest BCUT2D eigenvalue weighted by atomic mass is 32.1. The molecular weight excluding hydrogens is 546 g/mol. The highest BCUT2D eigenvalue weighted by molar-refractivity contribution is 7.80. The maximum Gasteiger partial charge on any atom is 0.327 e. The van der Waals surface area contributed by atoms with Gasteiger partial charge < -0.3 is 36.9 Å². The van der Waals surface area contributed by atoms with Crippen molar-refractivity contribution >= 4 is 47.2 Å². The molecule has 0 aliphatic rings. The number of nitrogens with one attached hydrogen (secondary N) is 4. The van der Waals surface area contributed by atoms with E-state index in [0.717, 1.165) is 16.5 Å². The molecule has 1 heterocycles. The first-order valence-corrected chi connectivity index (χ1v) is 14.0. The lowest BCUT2D eigenvalue weighted by Gasteiger charge is -2.28. The summed E-state index contributed by atoms with van der Waals surface area (Å²) < 4.78 is 0. The topological polar surface area (TPSA) is 187 Å².